The van der Waals surface area contributed by atoms with Crippen molar-refractivity contribution < 1.29 is 4.74 Å². The summed E-state index contributed by atoms with van der Waals surface area (Å²) in [4.78, 5) is 2.58. The lowest BCUT2D eigenvalue weighted by molar-refractivity contribution is 0.165. The second kappa shape index (κ2) is 8.76. The highest BCUT2D eigenvalue weighted by Crippen LogP contribution is 2.27. The molecule has 118 valence electrons. The van der Waals surface area contributed by atoms with Crippen molar-refractivity contribution in [1.29, 1.82) is 0 Å². The number of hydrogen-bond acceptors (Lipinski definition) is 3. The topological polar surface area (TPSA) is 24.5 Å². The summed E-state index contributed by atoms with van der Waals surface area (Å²) in [6.07, 6.45) is 3.89. The summed E-state index contributed by atoms with van der Waals surface area (Å²) in [5, 5.41) is 3.56. The van der Waals surface area contributed by atoms with E-state index >= 15 is 0 Å². The Kier molecular flexibility index (Phi) is 7.00. The molecule has 0 aromatic heterocycles. The zero-order valence-corrected chi connectivity index (χ0v) is 14.8. The van der Waals surface area contributed by atoms with Crippen LogP contribution in [0.5, 0.6) is 5.75 Å². The van der Waals surface area contributed by atoms with Crippen LogP contribution in [-0.2, 0) is 6.54 Å². The van der Waals surface area contributed by atoms with Gasteiger partial charge in [-0.1, -0.05) is 13.0 Å². The van der Waals surface area contributed by atoms with Gasteiger partial charge in [-0.2, -0.15) is 0 Å². The Morgan fingerprint density at radius 3 is 3.00 bits per heavy atom. The lowest BCUT2D eigenvalue weighted by atomic mass is 9.97. The number of likely N-dealkylation sites (tertiary alicyclic amines) is 1. The van der Waals surface area contributed by atoms with Gasteiger partial charge in [0.25, 0.3) is 0 Å². The van der Waals surface area contributed by atoms with Gasteiger partial charge in [0.1, 0.15) is 5.75 Å². The van der Waals surface area contributed by atoms with E-state index in [9.17, 15) is 0 Å². The number of halogens is 1. The maximum atomic E-state index is 5.29. The predicted octanol–water partition coefficient (Wildman–Crippen LogP) is 3.67. The normalized spacial score (nSPS) is 19.7. The van der Waals surface area contributed by atoms with Gasteiger partial charge in [0.2, 0.25) is 0 Å². The van der Waals surface area contributed by atoms with E-state index < -0.39 is 0 Å². The van der Waals surface area contributed by atoms with Crippen molar-refractivity contribution in [3.63, 3.8) is 0 Å². The summed E-state index contributed by atoms with van der Waals surface area (Å²) in [6.45, 7) is 7.99. The molecule has 0 radical (unpaired) electrons. The van der Waals surface area contributed by atoms with Crippen molar-refractivity contribution in [3.8, 4) is 5.75 Å². The molecule has 21 heavy (non-hydrogen) atoms. The minimum Gasteiger partial charge on any atom is -0.496 e. The van der Waals surface area contributed by atoms with Crippen LogP contribution in [0.4, 0.5) is 0 Å². The van der Waals surface area contributed by atoms with Gasteiger partial charge in [-0.3, -0.25) is 4.90 Å². The van der Waals surface area contributed by atoms with Crippen LogP contribution < -0.4 is 10.1 Å². The molecule has 2 rings (SSSR count). The predicted molar refractivity (Wildman–Crippen MR) is 91.9 cm³/mol. The molecule has 0 bridgehead atoms. The first kappa shape index (κ1) is 16.8. The molecule has 1 saturated heterocycles. The van der Waals surface area contributed by atoms with Crippen LogP contribution in [0.25, 0.3) is 0 Å². The lowest BCUT2D eigenvalue weighted by Gasteiger charge is -2.33. The molecule has 1 aromatic rings. The summed E-state index contributed by atoms with van der Waals surface area (Å²) in [5.74, 6) is 1.70. The van der Waals surface area contributed by atoms with Gasteiger partial charge >= 0.3 is 0 Å². The van der Waals surface area contributed by atoms with E-state index in [0.29, 0.717) is 0 Å². The molecule has 3 nitrogen and oxygen atoms in total. The quantitative estimate of drug-likeness (QED) is 0.756. The standard InChI is InChI=1S/C17H27BrN2O/c1-3-8-19-11-15-5-4-9-20(13-15)12-14-6-7-17(21-2)16(18)10-14/h6-7,10,15,19H,3-5,8-9,11-13H2,1-2H3. The van der Waals surface area contributed by atoms with E-state index in [4.69, 9.17) is 4.74 Å². The molecule has 4 heteroatoms. The number of nitrogens with one attached hydrogen (secondary N) is 1. The molecular weight excluding hydrogens is 328 g/mol. The lowest BCUT2D eigenvalue weighted by Crippen LogP contribution is -2.39. The van der Waals surface area contributed by atoms with Gasteiger partial charge in [0.05, 0.1) is 11.6 Å². The minimum atomic E-state index is 0.798. The zero-order chi connectivity index (χ0) is 15.1. The Hall–Kier alpha value is -0.580. The van der Waals surface area contributed by atoms with E-state index in [0.717, 1.165) is 35.8 Å². The Bertz CT molecular complexity index is 439. The number of methoxy groups -OCH3 is 1. The van der Waals surface area contributed by atoms with Gasteiger partial charge in [-0.05, 0) is 78.4 Å². The summed E-state index contributed by atoms with van der Waals surface area (Å²) in [5.41, 5.74) is 1.35. The molecule has 1 unspecified atom stereocenters. The third kappa shape index (κ3) is 5.28. The maximum absolute atomic E-state index is 5.29. The van der Waals surface area contributed by atoms with E-state index in [1.165, 1.54) is 37.9 Å². The molecule has 1 aliphatic rings. The SMILES string of the molecule is CCCNCC1CCCN(Cc2ccc(OC)c(Br)c2)C1. The largest absolute Gasteiger partial charge is 0.496 e. The van der Waals surface area contributed by atoms with Crippen LogP contribution in [0.1, 0.15) is 31.7 Å². The summed E-state index contributed by atoms with van der Waals surface area (Å²) in [6, 6.07) is 6.39. The molecule has 1 aliphatic heterocycles. The van der Waals surface area contributed by atoms with Crippen LogP contribution in [0, 0.1) is 5.92 Å². The molecule has 0 amide bonds. The summed E-state index contributed by atoms with van der Waals surface area (Å²) < 4.78 is 6.34. The Labute approximate surface area is 137 Å². The monoisotopic (exact) mass is 354 g/mol. The van der Waals surface area contributed by atoms with E-state index in [1.54, 1.807) is 7.11 Å². The number of benzene rings is 1. The van der Waals surface area contributed by atoms with E-state index in [-0.39, 0.29) is 0 Å². The average Bonchev–Trinajstić information content (AvgIpc) is 2.48. The van der Waals surface area contributed by atoms with Gasteiger partial charge in [-0.25, -0.2) is 0 Å². The number of nitrogens with zero attached hydrogens (tertiary/aromatic N) is 1. The van der Waals surface area contributed by atoms with Crippen molar-refractivity contribution in [2.45, 2.75) is 32.7 Å². The molecule has 0 spiro atoms. The number of ether oxygens (including phenoxy) is 1. The Morgan fingerprint density at radius 1 is 1.43 bits per heavy atom. The molecule has 0 saturated carbocycles. The highest BCUT2D eigenvalue weighted by Gasteiger charge is 2.19. The first-order valence-electron chi connectivity index (χ1n) is 7.98. The van der Waals surface area contributed by atoms with Crippen molar-refractivity contribution in [1.82, 2.24) is 10.2 Å². The first-order chi connectivity index (χ1) is 10.2. The van der Waals surface area contributed by atoms with Crippen LogP contribution in [0.2, 0.25) is 0 Å². The number of rotatable bonds is 7. The fourth-order valence-corrected chi connectivity index (χ4v) is 3.60. The van der Waals surface area contributed by atoms with Crippen LogP contribution in [0.15, 0.2) is 22.7 Å². The van der Waals surface area contributed by atoms with Gasteiger partial charge in [-0.15, -0.1) is 0 Å². The van der Waals surface area contributed by atoms with Gasteiger partial charge in [0.15, 0.2) is 0 Å². The van der Waals surface area contributed by atoms with E-state index in [1.807, 2.05) is 6.07 Å². The molecule has 1 fully saturated rings. The van der Waals surface area contributed by atoms with Crippen molar-refractivity contribution in [3.05, 3.63) is 28.2 Å². The highest BCUT2D eigenvalue weighted by atomic mass is 79.9. The van der Waals surface area contributed by atoms with Crippen molar-refractivity contribution in [2.75, 3.05) is 33.3 Å². The first-order valence-corrected chi connectivity index (χ1v) is 8.77. The number of piperidine rings is 1. The average molecular weight is 355 g/mol. The summed E-state index contributed by atoms with van der Waals surface area (Å²) in [7, 11) is 1.71. The third-order valence-electron chi connectivity index (χ3n) is 4.09. The second-order valence-corrected chi connectivity index (χ2v) is 6.77. The molecule has 0 aliphatic carbocycles. The summed E-state index contributed by atoms with van der Waals surface area (Å²) >= 11 is 3.57. The number of hydrogen-bond donors (Lipinski definition) is 1. The third-order valence-corrected chi connectivity index (χ3v) is 4.70. The molecular formula is C17H27BrN2O. The fourth-order valence-electron chi connectivity index (χ4n) is 3.01. The fraction of sp³-hybridized carbons (Fsp3) is 0.647. The van der Waals surface area contributed by atoms with Crippen LogP contribution in [0.3, 0.4) is 0 Å². The maximum Gasteiger partial charge on any atom is 0.133 e. The zero-order valence-electron chi connectivity index (χ0n) is 13.2. The van der Waals surface area contributed by atoms with Gasteiger partial charge in [0, 0.05) is 13.1 Å². The molecule has 1 N–H and O–H groups in total. The Morgan fingerprint density at radius 2 is 2.29 bits per heavy atom. The van der Waals surface area contributed by atoms with Crippen molar-refractivity contribution in [2.24, 2.45) is 5.92 Å². The van der Waals surface area contributed by atoms with Gasteiger partial charge < -0.3 is 10.1 Å². The van der Waals surface area contributed by atoms with Crippen LogP contribution >= 0.6 is 15.9 Å². The molecule has 1 atom stereocenters. The molecule has 1 aromatic carbocycles. The smallest absolute Gasteiger partial charge is 0.133 e. The second-order valence-electron chi connectivity index (χ2n) is 5.92. The minimum absolute atomic E-state index is 0.798. The Balaban J connectivity index is 1.85. The molecule has 1 heterocycles. The van der Waals surface area contributed by atoms with Crippen molar-refractivity contribution >= 4 is 15.9 Å². The van der Waals surface area contributed by atoms with Crippen LogP contribution in [-0.4, -0.2) is 38.2 Å². The highest BCUT2D eigenvalue weighted by molar-refractivity contribution is 9.10. The van der Waals surface area contributed by atoms with E-state index in [2.05, 4.69) is 45.2 Å².